The third-order valence-corrected chi connectivity index (χ3v) is 1.78. The summed E-state index contributed by atoms with van der Waals surface area (Å²) in [5.74, 6) is 0.223. The molecule has 1 amide bonds. The first-order valence-electron chi connectivity index (χ1n) is 4.37. The molecule has 78 valence electrons. The van der Waals surface area contributed by atoms with Crippen molar-refractivity contribution >= 4 is 11.9 Å². The second-order valence-electron chi connectivity index (χ2n) is 3.41. The van der Waals surface area contributed by atoms with E-state index in [9.17, 15) is 4.79 Å². The molecular formula is C8H14N4O2. The Hall–Kier alpha value is -1.43. The molecule has 1 heterocycles. The molecule has 0 aromatic carbocycles. The minimum atomic E-state index is -0.567. The van der Waals surface area contributed by atoms with Gasteiger partial charge < -0.3 is 10.3 Å². The summed E-state index contributed by atoms with van der Waals surface area (Å²) in [6.45, 7) is 5.40. The van der Waals surface area contributed by atoms with Gasteiger partial charge >= 0.3 is 6.01 Å². The van der Waals surface area contributed by atoms with E-state index in [1.807, 2.05) is 13.8 Å². The van der Waals surface area contributed by atoms with Crippen molar-refractivity contribution in [2.45, 2.75) is 26.8 Å². The molecule has 0 radical (unpaired) electrons. The van der Waals surface area contributed by atoms with Gasteiger partial charge in [0.05, 0.1) is 6.04 Å². The van der Waals surface area contributed by atoms with Gasteiger partial charge in [0.15, 0.2) is 5.82 Å². The summed E-state index contributed by atoms with van der Waals surface area (Å²) in [7, 11) is 0. The van der Waals surface area contributed by atoms with Gasteiger partial charge in [-0.25, -0.2) is 0 Å². The number of nitrogens with two attached hydrogens (primary N) is 1. The summed E-state index contributed by atoms with van der Waals surface area (Å²) < 4.78 is 4.72. The highest BCUT2D eigenvalue weighted by atomic mass is 16.5. The van der Waals surface area contributed by atoms with Crippen LogP contribution in [0, 0.1) is 12.8 Å². The van der Waals surface area contributed by atoms with E-state index in [0.717, 1.165) is 0 Å². The topological polar surface area (TPSA) is 94.0 Å². The summed E-state index contributed by atoms with van der Waals surface area (Å²) >= 11 is 0. The van der Waals surface area contributed by atoms with Crippen LogP contribution in [-0.2, 0) is 4.79 Å². The summed E-state index contributed by atoms with van der Waals surface area (Å²) in [6, 6.07) is -0.481. The number of aryl methyl sites for hydroxylation is 1. The van der Waals surface area contributed by atoms with Gasteiger partial charge in [-0.05, 0) is 12.8 Å². The molecule has 0 aliphatic heterocycles. The molecule has 6 nitrogen and oxygen atoms in total. The van der Waals surface area contributed by atoms with Crippen LogP contribution in [0.2, 0.25) is 0 Å². The summed E-state index contributed by atoms with van der Waals surface area (Å²) in [4.78, 5) is 15.2. The molecule has 1 rings (SSSR count). The van der Waals surface area contributed by atoms with Crippen molar-refractivity contribution in [1.82, 2.24) is 10.1 Å². The normalized spacial score (nSPS) is 12.9. The maximum atomic E-state index is 11.4. The molecule has 0 saturated heterocycles. The average molecular weight is 198 g/mol. The number of nitrogens with one attached hydrogen (secondary N) is 1. The molecule has 0 spiro atoms. The third-order valence-electron chi connectivity index (χ3n) is 1.78. The van der Waals surface area contributed by atoms with Crippen LogP contribution in [0.5, 0.6) is 0 Å². The lowest BCUT2D eigenvalue weighted by Crippen LogP contribution is -2.39. The monoisotopic (exact) mass is 198 g/mol. The Balaban J connectivity index is 2.57. The summed E-state index contributed by atoms with van der Waals surface area (Å²) in [5.41, 5.74) is 5.61. The van der Waals surface area contributed by atoms with E-state index in [4.69, 9.17) is 10.3 Å². The minimum Gasteiger partial charge on any atom is -0.320 e. The van der Waals surface area contributed by atoms with Crippen LogP contribution in [0.15, 0.2) is 4.52 Å². The predicted octanol–water partition coefficient (Wildman–Crippen LogP) is 0.300. The number of hydrogen-bond donors (Lipinski definition) is 2. The van der Waals surface area contributed by atoms with E-state index in [1.165, 1.54) is 0 Å². The fraction of sp³-hybridized carbons (Fsp3) is 0.625. The Kier molecular flexibility index (Phi) is 3.19. The largest absolute Gasteiger partial charge is 0.328 e. The van der Waals surface area contributed by atoms with E-state index in [-0.39, 0.29) is 17.8 Å². The Morgan fingerprint density at radius 3 is 2.64 bits per heavy atom. The maximum absolute atomic E-state index is 11.4. The Bertz CT molecular complexity index is 321. The zero-order chi connectivity index (χ0) is 10.7. The van der Waals surface area contributed by atoms with Crippen molar-refractivity contribution in [2.24, 2.45) is 11.7 Å². The average Bonchev–Trinajstić information content (AvgIpc) is 2.49. The van der Waals surface area contributed by atoms with Crippen LogP contribution in [0.25, 0.3) is 0 Å². The van der Waals surface area contributed by atoms with Crippen molar-refractivity contribution in [2.75, 3.05) is 5.32 Å². The smallest absolute Gasteiger partial charge is 0.320 e. The molecule has 6 heteroatoms. The molecule has 3 N–H and O–H groups in total. The maximum Gasteiger partial charge on any atom is 0.328 e. The molecule has 1 aromatic rings. The van der Waals surface area contributed by atoms with E-state index < -0.39 is 6.04 Å². The first-order chi connectivity index (χ1) is 6.50. The summed E-state index contributed by atoms with van der Waals surface area (Å²) in [5, 5.41) is 5.97. The second-order valence-corrected chi connectivity index (χ2v) is 3.41. The van der Waals surface area contributed by atoms with Gasteiger partial charge in [0, 0.05) is 0 Å². The zero-order valence-electron chi connectivity index (χ0n) is 8.44. The lowest BCUT2D eigenvalue weighted by molar-refractivity contribution is -0.118. The molecular weight excluding hydrogens is 184 g/mol. The van der Waals surface area contributed by atoms with E-state index in [1.54, 1.807) is 6.92 Å². The lowest BCUT2D eigenvalue weighted by atomic mass is 10.1. The number of anilines is 1. The van der Waals surface area contributed by atoms with Gasteiger partial charge in [0.1, 0.15) is 0 Å². The molecule has 0 aliphatic carbocycles. The number of rotatable bonds is 3. The van der Waals surface area contributed by atoms with Crippen LogP contribution in [0.4, 0.5) is 6.01 Å². The van der Waals surface area contributed by atoms with Gasteiger partial charge in [0.25, 0.3) is 0 Å². The minimum absolute atomic E-state index is 0.0685. The molecule has 0 bridgehead atoms. The number of hydrogen-bond acceptors (Lipinski definition) is 5. The van der Waals surface area contributed by atoms with Crippen molar-refractivity contribution in [1.29, 1.82) is 0 Å². The van der Waals surface area contributed by atoms with Crippen molar-refractivity contribution in [3.63, 3.8) is 0 Å². The number of carbonyl (C=O) groups excluding carboxylic acids is 1. The highest BCUT2D eigenvalue weighted by molar-refractivity contribution is 5.92. The van der Waals surface area contributed by atoms with E-state index in [0.29, 0.717) is 5.82 Å². The first kappa shape index (κ1) is 10.6. The van der Waals surface area contributed by atoms with E-state index >= 15 is 0 Å². The molecule has 1 atom stereocenters. The van der Waals surface area contributed by atoms with Gasteiger partial charge in [-0.15, -0.1) is 0 Å². The van der Waals surface area contributed by atoms with Gasteiger partial charge in [-0.3, -0.25) is 10.1 Å². The number of carbonyl (C=O) groups is 1. The van der Waals surface area contributed by atoms with Crippen molar-refractivity contribution in [3.8, 4) is 0 Å². The quantitative estimate of drug-likeness (QED) is 0.728. The SMILES string of the molecule is Cc1noc(NC(=O)[C@H](N)C(C)C)n1. The van der Waals surface area contributed by atoms with Gasteiger partial charge in [-0.2, -0.15) is 4.98 Å². The van der Waals surface area contributed by atoms with Crippen LogP contribution in [0.3, 0.4) is 0 Å². The van der Waals surface area contributed by atoms with E-state index in [2.05, 4.69) is 15.5 Å². The molecule has 0 aliphatic rings. The highest BCUT2D eigenvalue weighted by Crippen LogP contribution is 2.05. The Morgan fingerprint density at radius 1 is 1.57 bits per heavy atom. The standard InChI is InChI=1S/C8H14N4O2/c1-4(2)6(9)7(13)11-8-10-5(3)12-14-8/h4,6H,9H2,1-3H3,(H,10,11,12,13)/t6-/m1/s1. The lowest BCUT2D eigenvalue weighted by Gasteiger charge is -2.12. The summed E-state index contributed by atoms with van der Waals surface area (Å²) in [6.07, 6.45) is 0. The Labute approximate surface area is 81.9 Å². The van der Waals surface area contributed by atoms with Crippen LogP contribution >= 0.6 is 0 Å². The number of nitrogens with zero attached hydrogens (tertiary/aromatic N) is 2. The fourth-order valence-corrected chi connectivity index (χ4v) is 0.839. The van der Waals surface area contributed by atoms with Crippen LogP contribution in [-0.4, -0.2) is 22.1 Å². The molecule has 1 aromatic heterocycles. The molecule has 14 heavy (non-hydrogen) atoms. The first-order valence-corrected chi connectivity index (χ1v) is 4.37. The second kappa shape index (κ2) is 4.19. The highest BCUT2D eigenvalue weighted by Gasteiger charge is 2.18. The van der Waals surface area contributed by atoms with Gasteiger partial charge in [0.2, 0.25) is 5.91 Å². The third kappa shape index (κ3) is 2.53. The Morgan fingerprint density at radius 2 is 2.21 bits per heavy atom. The molecule has 0 unspecified atom stereocenters. The van der Waals surface area contributed by atoms with Crippen molar-refractivity contribution < 1.29 is 9.32 Å². The number of amides is 1. The van der Waals surface area contributed by atoms with Crippen molar-refractivity contribution in [3.05, 3.63) is 5.82 Å². The van der Waals surface area contributed by atoms with Crippen LogP contribution < -0.4 is 11.1 Å². The molecule has 0 saturated carbocycles. The zero-order valence-corrected chi connectivity index (χ0v) is 8.44. The number of aromatic nitrogens is 2. The van der Waals surface area contributed by atoms with Crippen LogP contribution in [0.1, 0.15) is 19.7 Å². The van der Waals surface area contributed by atoms with Gasteiger partial charge in [-0.1, -0.05) is 19.0 Å². The fourth-order valence-electron chi connectivity index (χ4n) is 0.839. The predicted molar refractivity (Wildman–Crippen MR) is 50.5 cm³/mol. The molecule has 0 fully saturated rings.